The van der Waals surface area contributed by atoms with Gasteiger partial charge in [-0.25, -0.2) is 4.79 Å². The van der Waals surface area contributed by atoms with Crippen LogP contribution in [0.15, 0.2) is 127 Å². The van der Waals surface area contributed by atoms with E-state index in [0.717, 1.165) is 12.1 Å². The number of benzene rings is 6. The van der Waals surface area contributed by atoms with Crippen LogP contribution >= 0.6 is 11.6 Å². The highest BCUT2D eigenvalue weighted by Crippen LogP contribution is 2.34. The van der Waals surface area contributed by atoms with Crippen LogP contribution in [-0.4, -0.2) is 179 Å². The molecule has 2 aliphatic rings. The van der Waals surface area contributed by atoms with Crippen LogP contribution in [0.1, 0.15) is 47.8 Å². The molecule has 2 aliphatic heterocycles. The minimum Gasteiger partial charge on any atom is -0.508 e. The molecular formula is C58H64ClFN8O19. The third-order valence-electron chi connectivity index (χ3n) is 11.8. The molecule has 0 saturated carbocycles. The zero-order chi connectivity index (χ0) is 64.3. The number of amides is 5. The standard InChI is InChI=1S/C21H23N3O7.C16H16N2O5.C9H11NO2.C7H6FNO3.C5H8ClNO2/c1-22(2)20(25)16-4-3-5-17(13-16)31-19-12-15(6-7-18(19)24(27)28)14-30-21(26)23-8-10-29-11-9-23;1-17(2)16(20)12-4-3-5-13(9-12)23-15-8-11(10-19)6-7-14(15)18(21)22;1-10(2)9(12)7-4-3-5-8(11)6-7;8-6-3-5(4-10)1-2-7(6)9(11)12;6-5(8)7-1-3-9-4-2-7/h3-7,12-13H,8-11,14H2,1-2H3;3-9,19H,10H2,1-2H3;3-6,11H,1-2H3;1-3,10H,4H2;1-4H2. The number of carbonyl (C=O) groups is 5. The number of hydrogen-bond donors (Lipinski definition) is 3. The minimum atomic E-state index is -0.924. The molecule has 0 radical (unpaired) electrons. The van der Waals surface area contributed by atoms with E-state index in [-0.39, 0.29) is 77.3 Å². The van der Waals surface area contributed by atoms with Gasteiger partial charge in [0.05, 0.1) is 54.4 Å². The second-order valence-electron chi connectivity index (χ2n) is 18.9. The topological polar surface area (TPSA) is 338 Å². The first kappa shape index (κ1) is 69.6. The molecule has 2 fully saturated rings. The molecule has 6 aromatic carbocycles. The molecule has 27 nitrogen and oxygen atoms in total. The van der Waals surface area contributed by atoms with Gasteiger partial charge in [0.2, 0.25) is 17.3 Å². The maximum Gasteiger partial charge on any atom is 0.410 e. The number of phenolic OH excluding ortho intramolecular Hbond substituents is 1. The van der Waals surface area contributed by atoms with Crippen molar-refractivity contribution < 1.29 is 82.1 Å². The lowest BCUT2D eigenvalue weighted by molar-refractivity contribution is -0.387. The summed E-state index contributed by atoms with van der Waals surface area (Å²) in [7, 11) is 9.86. The lowest BCUT2D eigenvalue weighted by Gasteiger charge is -2.25. The number of morpholine rings is 2. The summed E-state index contributed by atoms with van der Waals surface area (Å²) in [6.45, 7) is 3.65. The van der Waals surface area contributed by atoms with Crippen molar-refractivity contribution in [2.45, 2.75) is 19.8 Å². The number of carbonyl (C=O) groups excluding carboxylic acids is 5. The van der Waals surface area contributed by atoms with Gasteiger partial charge in [0.15, 0.2) is 0 Å². The van der Waals surface area contributed by atoms with Crippen molar-refractivity contribution in [3.05, 3.63) is 197 Å². The molecule has 0 spiro atoms. The monoisotopic (exact) mass is 1230 g/mol. The third kappa shape index (κ3) is 22.6. The largest absolute Gasteiger partial charge is 0.508 e. The van der Waals surface area contributed by atoms with E-state index < -0.39 is 32.4 Å². The molecule has 2 saturated heterocycles. The Morgan fingerprint density at radius 3 is 1.30 bits per heavy atom. The van der Waals surface area contributed by atoms with Crippen molar-refractivity contribution in [1.82, 2.24) is 24.5 Å². The minimum absolute atomic E-state index is 0.0102. The molecule has 0 aromatic heterocycles. The SMILES string of the molecule is CN(C)C(=O)c1cccc(O)c1.CN(C)C(=O)c1cccc(Oc2cc(CO)ccc2[N+](=O)[O-])c1.CN(C)C(=O)c1cccc(Oc2cc(COC(=O)N3CCOCC3)ccc2[N+](=O)[O-])c1.O=C(Cl)N1CCOCC1.O=[N+]([O-])c1ccc(CO)cc1F. The van der Waals surface area contributed by atoms with Gasteiger partial charge in [0.25, 0.3) is 17.7 Å². The number of aromatic hydroxyl groups is 1. The molecule has 6 aromatic rings. The van der Waals surface area contributed by atoms with Crippen LogP contribution in [0.2, 0.25) is 0 Å². The number of nitro groups is 3. The number of aliphatic hydroxyl groups is 2. The molecule has 0 atom stereocenters. The number of phenols is 1. The smallest absolute Gasteiger partial charge is 0.410 e. The molecule has 3 N–H and O–H groups in total. The van der Waals surface area contributed by atoms with E-state index >= 15 is 0 Å². The molecular weight excluding hydrogens is 1170 g/mol. The van der Waals surface area contributed by atoms with Crippen LogP contribution in [0, 0.1) is 36.2 Å². The molecule has 29 heteroatoms. The van der Waals surface area contributed by atoms with Gasteiger partial charge in [0, 0.05) is 103 Å². The highest BCUT2D eigenvalue weighted by Gasteiger charge is 2.22. The summed E-state index contributed by atoms with van der Waals surface area (Å²) in [4.78, 5) is 96.1. The van der Waals surface area contributed by atoms with Crippen LogP contribution in [0.5, 0.6) is 28.7 Å². The van der Waals surface area contributed by atoms with Crippen LogP contribution in [-0.2, 0) is 34.0 Å². The van der Waals surface area contributed by atoms with Gasteiger partial charge >= 0.3 is 28.5 Å². The molecule has 0 bridgehead atoms. The Hall–Kier alpha value is -9.87. The average Bonchev–Trinajstić information content (AvgIpc) is 3.70. The molecule has 8 rings (SSSR count). The van der Waals surface area contributed by atoms with Crippen LogP contribution in [0.4, 0.5) is 31.0 Å². The van der Waals surface area contributed by atoms with E-state index in [1.165, 1.54) is 81.4 Å². The first-order chi connectivity index (χ1) is 41.3. The summed E-state index contributed by atoms with van der Waals surface area (Å²) < 4.78 is 39.5. The second kappa shape index (κ2) is 34.8. The number of halogens is 2. The number of aliphatic hydroxyl groups excluding tert-OH is 2. The summed E-state index contributed by atoms with van der Waals surface area (Å²) in [5, 5.41) is 59.0. The number of rotatable bonds is 14. The van der Waals surface area contributed by atoms with Crippen molar-refractivity contribution in [3.8, 4) is 28.7 Å². The summed E-state index contributed by atoms with van der Waals surface area (Å²) in [5.41, 5.74) is 1.60. The van der Waals surface area contributed by atoms with Crippen molar-refractivity contribution in [3.63, 3.8) is 0 Å². The van der Waals surface area contributed by atoms with Crippen molar-refractivity contribution >= 4 is 57.8 Å². The van der Waals surface area contributed by atoms with Crippen molar-refractivity contribution in [1.29, 1.82) is 0 Å². The Labute approximate surface area is 503 Å². The molecule has 0 aliphatic carbocycles. The zero-order valence-electron chi connectivity index (χ0n) is 48.1. The Balaban J connectivity index is 0.000000252. The van der Waals surface area contributed by atoms with Gasteiger partial charge in [-0.15, -0.1) is 0 Å². The lowest BCUT2D eigenvalue weighted by Crippen LogP contribution is -2.40. The third-order valence-corrected chi connectivity index (χ3v) is 12.1. The van der Waals surface area contributed by atoms with E-state index in [1.807, 2.05) is 0 Å². The summed E-state index contributed by atoms with van der Waals surface area (Å²) in [6, 6.07) is 30.7. The van der Waals surface area contributed by atoms with E-state index in [4.69, 9.17) is 50.6 Å². The predicted molar refractivity (Wildman–Crippen MR) is 313 cm³/mol. The Bertz CT molecular complexity index is 3360. The van der Waals surface area contributed by atoms with Gasteiger partial charge in [0.1, 0.15) is 23.9 Å². The van der Waals surface area contributed by atoms with E-state index in [0.29, 0.717) is 91.7 Å². The number of nitrogens with zero attached hydrogens (tertiary/aromatic N) is 8. The second-order valence-corrected chi connectivity index (χ2v) is 19.2. The van der Waals surface area contributed by atoms with Crippen molar-refractivity contribution in [2.24, 2.45) is 0 Å². The maximum atomic E-state index is 12.7. The highest BCUT2D eigenvalue weighted by molar-refractivity contribution is 6.62. The van der Waals surface area contributed by atoms with Gasteiger partial charge < -0.3 is 63.5 Å². The molecule has 5 amide bonds. The number of ether oxygens (including phenoxy) is 5. The van der Waals surface area contributed by atoms with Crippen LogP contribution in [0.25, 0.3) is 0 Å². The molecule has 87 heavy (non-hydrogen) atoms. The molecule has 2 heterocycles. The Morgan fingerprint density at radius 1 is 0.540 bits per heavy atom. The summed E-state index contributed by atoms with van der Waals surface area (Å²) in [5.74, 6) is -0.762. The van der Waals surface area contributed by atoms with E-state index in [1.54, 1.807) is 101 Å². The molecule has 0 unspecified atom stereocenters. The zero-order valence-corrected chi connectivity index (χ0v) is 48.9. The normalized spacial score (nSPS) is 12.2. The fraction of sp³-hybridized carbons (Fsp3) is 0.293. The fourth-order valence-corrected chi connectivity index (χ4v) is 7.51. The van der Waals surface area contributed by atoms with E-state index in [9.17, 15) is 58.7 Å². The predicted octanol–water partition coefficient (Wildman–Crippen LogP) is 8.64. The van der Waals surface area contributed by atoms with Gasteiger partial charge in [-0.3, -0.25) is 49.5 Å². The van der Waals surface area contributed by atoms with E-state index in [2.05, 4.69) is 0 Å². The first-order valence-corrected chi connectivity index (χ1v) is 26.4. The lowest BCUT2D eigenvalue weighted by atomic mass is 10.2. The molecule has 464 valence electrons. The van der Waals surface area contributed by atoms with Crippen LogP contribution < -0.4 is 9.47 Å². The Kier molecular flexibility index (Phi) is 27.8. The van der Waals surface area contributed by atoms with Crippen molar-refractivity contribution in [2.75, 3.05) is 94.9 Å². The average molecular weight is 1230 g/mol. The Morgan fingerprint density at radius 2 is 0.920 bits per heavy atom. The highest BCUT2D eigenvalue weighted by atomic mass is 35.5. The van der Waals surface area contributed by atoms with Gasteiger partial charge in [-0.1, -0.05) is 18.2 Å². The maximum absolute atomic E-state index is 12.7. The first-order valence-electron chi connectivity index (χ1n) is 26.0. The van der Waals surface area contributed by atoms with Gasteiger partial charge in [-0.05, 0) is 119 Å². The fourth-order valence-electron chi connectivity index (χ4n) is 7.34. The number of nitro benzene ring substituents is 3. The number of hydrogen-bond acceptors (Lipinski definition) is 19. The summed E-state index contributed by atoms with van der Waals surface area (Å²) in [6.07, 6.45) is -0.473. The quantitative estimate of drug-likeness (QED) is 0.0397. The van der Waals surface area contributed by atoms with Crippen LogP contribution in [0.3, 0.4) is 0 Å². The van der Waals surface area contributed by atoms with Gasteiger partial charge in [-0.2, -0.15) is 4.39 Å². The summed E-state index contributed by atoms with van der Waals surface area (Å²) >= 11 is 5.19.